The Balaban J connectivity index is 2.79. The van der Waals surface area contributed by atoms with Gasteiger partial charge in [-0.15, -0.1) is 0 Å². The molecular weight excluding hydrogens is 234 g/mol. The minimum Gasteiger partial charge on any atom is -0.368 e. The number of carbonyl (C=O) groups excluding carboxylic acids is 3. The molecule has 0 spiro atoms. The molecule has 0 aromatic heterocycles. The van der Waals surface area contributed by atoms with Crippen molar-refractivity contribution in [1.82, 2.24) is 10.2 Å². The van der Waals surface area contributed by atoms with Crippen LogP contribution in [-0.4, -0.2) is 40.7 Å². The Bertz CT molecular complexity index is 366. The zero-order valence-electron chi connectivity index (χ0n) is 11.2. The lowest BCUT2D eigenvalue weighted by atomic mass is 9.99. The summed E-state index contributed by atoms with van der Waals surface area (Å²) in [6, 6.07) is -0.533. The molecule has 102 valence electrons. The summed E-state index contributed by atoms with van der Waals surface area (Å²) in [6.45, 7) is 5.54. The number of primary amides is 1. The number of amides is 3. The molecule has 1 aliphatic heterocycles. The molecule has 1 rings (SSSR count). The molecular formula is C12H21N3O3. The minimum absolute atomic E-state index is 0.0129. The number of likely N-dealkylation sites (tertiary alicyclic amines) is 1. The second-order valence-corrected chi connectivity index (χ2v) is 5.18. The van der Waals surface area contributed by atoms with Crippen LogP contribution in [0.15, 0.2) is 0 Å². The predicted molar refractivity (Wildman–Crippen MR) is 66.4 cm³/mol. The highest BCUT2D eigenvalue weighted by atomic mass is 16.2. The Kier molecular flexibility index (Phi) is 4.32. The van der Waals surface area contributed by atoms with Gasteiger partial charge < -0.3 is 16.0 Å². The fourth-order valence-electron chi connectivity index (χ4n) is 2.36. The van der Waals surface area contributed by atoms with E-state index in [0.29, 0.717) is 12.8 Å². The van der Waals surface area contributed by atoms with Gasteiger partial charge in [0.2, 0.25) is 17.7 Å². The van der Waals surface area contributed by atoms with Gasteiger partial charge in [0.15, 0.2) is 0 Å². The van der Waals surface area contributed by atoms with E-state index in [-0.39, 0.29) is 23.9 Å². The van der Waals surface area contributed by atoms with E-state index in [4.69, 9.17) is 5.73 Å². The number of hydrogen-bond donors (Lipinski definition) is 2. The van der Waals surface area contributed by atoms with E-state index in [1.807, 2.05) is 20.8 Å². The highest BCUT2D eigenvalue weighted by Crippen LogP contribution is 2.32. The monoisotopic (exact) mass is 255 g/mol. The van der Waals surface area contributed by atoms with Gasteiger partial charge >= 0.3 is 0 Å². The van der Waals surface area contributed by atoms with Crippen molar-refractivity contribution in [2.45, 2.75) is 51.6 Å². The summed E-state index contributed by atoms with van der Waals surface area (Å²) in [5.41, 5.74) is 4.66. The fourth-order valence-corrected chi connectivity index (χ4v) is 2.36. The van der Waals surface area contributed by atoms with Crippen LogP contribution >= 0.6 is 0 Å². The van der Waals surface area contributed by atoms with Gasteiger partial charge in [-0.2, -0.15) is 0 Å². The maximum atomic E-state index is 12.0. The van der Waals surface area contributed by atoms with Gasteiger partial charge in [-0.1, -0.05) is 6.92 Å². The van der Waals surface area contributed by atoms with Crippen molar-refractivity contribution in [1.29, 1.82) is 0 Å². The zero-order valence-corrected chi connectivity index (χ0v) is 11.2. The Morgan fingerprint density at radius 3 is 2.50 bits per heavy atom. The lowest BCUT2D eigenvalue weighted by Crippen LogP contribution is -2.54. The van der Waals surface area contributed by atoms with E-state index >= 15 is 0 Å². The van der Waals surface area contributed by atoms with E-state index in [2.05, 4.69) is 5.32 Å². The molecule has 0 bridgehead atoms. The van der Waals surface area contributed by atoms with Crippen LogP contribution in [0.1, 0.15) is 40.0 Å². The molecule has 0 aromatic carbocycles. The van der Waals surface area contributed by atoms with Crippen LogP contribution in [0.3, 0.4) is 0 Å². The Morgan fingerprint density at radius 2 is 2.11 bits per heavy atom. The highest BCUT2D eigenvalue weighted by Gasteiger charge is 2.43. The number of carbonyl (C=O) groups is 3. The first-order chi connectivity index (χ1) is 8.29. The lowest BCUT2D eigenvalue weighted by Gasteiger charge is -2.37. The molecule has 0 radical (unpaired) electrons. The first kappa shape index (κ1) is 14.5. The molecule has 1 unspecified atom stereocenters. The van der Waals surface area contributed by atoms with Crippen LogP contribution in [0.5, 0.6) is 0 Å². The van der Waals surface area contributed by atoms with Crippen LogP contribution in [0.25, 0.3) is 0 Å². The fraction of sp³-hybridized carbons (Fsp3) is 0.750. The van der Waals surface area contributed by atoms with Crippen molar-refractivity contribution in [3.05, 3.63) is 0 Å². The first-order valence-corrected chi connectivity index (χ1v) is 6.17. The van der Waals surface area contributed by atoms with Crippen LogP contribution in [0.4, 0.5) is 0 Å². The maximum Gasteiger partial charge on any atom is 0.243 e. The van der Waals surface area contributed by atoms with Crippen molar-refractivity contribution in [2.24, 2.45) is 5.73 Å². The largest absolute Gasteiger partial charge is 0.368 e. The molecule has 18 heavy (non-hydrogen) atoms. The van der Waals surface area contributed by atoms with Crippen molar-refractivity contribution in [2.75, 3.05) is 6.54 Å². The van der Waals surface area contributed by atoms with Gasteiger partial charge in [-0.05, 0) is 26.7 Å². The van der Waals surface area contributed by atoms with E-state index in [1.165, 1.54) is 0 Å². The average Bonchev–Trinajstić information content (AvgIpc) is 2.54. The van der Waals surface area contributed by atoms with Crippen LogP contribution in [0.2, 0.25) is 0 Å². The second kappa shape index (κ2) is 5.37. The van der Waals surface area contributed by atoms with Crippen molar-refractivity contribution < 1.29 is 14.4 Å². The summed E-state index contributed by atoms with van der Waals surface area (Å²) in [5.74, 6) is -0.925. The summed E-state index contributed by atoms with van der Waals surface area (Å²) in [6.07, 6.45) is 1.72. The molecule has 0 aliphatic carbocycles. The third-order valence-corrected chi connectivity index (χ3v) is 3.31. The van der Waals surface area contributed by atoms with E-state index in [1.54, 1.807) is 4.90 Å². The summed E-state index contributed by atoms with van der Waals surface area (Å²) >= 11 is 0. The Morgan fingerprint density at radius 1 is 1.50 bits per heavy atom. The van der Waals surface area contributed by atoms with Gasteiger partial charge in [0, 0.05) is 12.0 Å². The van der Waals surface area contributed by atoms with Gasteiger partial charge in [0.25, 0.3) is 0 Å². The van der Waals surface area contributed by atoms with E-state index < -0.39 is 11.9 Å². The summed E-state index contributed by atoms with van der Waals surface area (Å²) < 4.78 is 0. The number of hydrogen-bond acceptors (Lipinski definition) is 3. The molecule has 1 atom stereocenters. The third-order valence-electron chi connectivity index (χ3n) is 3.31. The molecule has 1 saturated heterocycles. The maximum absolute atomic E-state index is 12.0. The molecule has 6 nitrogen and oxygen atoms in total. The topological polar surface area (TPSA) is 92.5 Å². The van der Waals surface area contributed by atoms with Crippen LogP contribution < -0.4 is 11.1 Å². The van der Waals surface area contributed by atoms with Crippen molar-refractivity contribution >= 4 is 17.7 Å². The zero-order chi connectivity index (χ0) is 13.9. The number of nitrogens with one attached hydrogen (secondary N) is 1. The highest BCUT2D eigenvalue weighted by molar-refractivity contribution is 5.91. The Hall–Kier alpha value is -1.59. The summed E-state index contributed by atoms with van der Waals surface area (Å²) in [4.78, 5) is 36.2. The number of nitrogens with two attached hydrogens (primary N) is 1. The summed E-state index contributed by atoms with van der Waals surface area (Å²) in [7, 11) is 0. The normalized spacial score (nSPS) is 19.7. The molecule has 1 aliphatic rings. The molecule has 1 heterocycles. The van der Waals surface area contributed by atoms with Gasteiger partial charge in [-0.3, -0.25) is 14.4 Å². The summed E-state index contributed by atoms with van der Waals surface area (Å²) in [5, 5.41) is 2.46. The molecule has 3 N–H and O–H groups in total. The van der Waals surface area contributed by atoms with E-state index in [9.17, 15) is 14.4 Å². The third kappa shape index (κ3) is 3.00. The van der Waals surface area contributed by atoms with E-state index in [0.717, 1.165) is 6.42 Å². The van der Waals surface area contributed by atoms with Gasteiger partial charge in [-0.25, -0.2) is 0 Å². The minimum atomic E-state index is -0.592. The quantitative estimate of drug-likeness (QED) is 0.710. The smallest absolute Gasteiger partial charge is 0.243 e. The average molecular weight is 255 g/mol. The SMILES string of the molecule is CCC(C(=O)NCC(N)=O)N1C(=O)CCC1(C)C. The van der Waals surface area contributed by atoms with Gasteiger partial charge in [0.05, 0.1) is 6.54 Å². The molecule has 3 amide bonds. The molecule has 6 heteroatoms. The van der Waals surface area contributed by atoms with Crippen LogP contribution in [-0.2, 0) is 14.4 Å². The van der Waals surface area contributed by atoms with Crippen molar-refractivity contribution in [3.8, 4) is 0 Å². The number of nitrogens with zero attached hydrogens (tertiary/aromatic N) is 1. The number of rotatable bonds is 5. The molecule has 1 fully saturated rings. The first-order valence-electron chi connectivity index (χ1n) is 6.17. The lowest BCUT2D eigenvalue weighted by molar-refractivity contribution is -0.141. The van der Waals surface area contributed by atoms with Gasteiger partial charge in [0.1, 0.15) is 6.04 Å². The molecule has 0 aromatic rings. The molecule has 0 saturated carbocycles. The standard InChI is InChI=1S/C12H21N3O3/c1-4-8(11(18)14-7-9(13)16)15-10(17)5-6-12(15,2)3/h8H,4-7H2,1-3H3,(H2,13,16)(H,14,18). The van der Waals surface area contributed by atoms with Crippen LogP contribution in [0, 0.1) is 0 Å². The Labute approximate surface area is 107 Å². The predicted octanol–water partition coefficient (Wildman–Crippen LogP) is -0.232. The second-order valence-electron chi connectivity index (χ2n) is 5.18. The van der Waals surface area contributed by atoms with Crippen molar-refractivity contribution in [3.63, 3.8) is 0 Å².